The van der Waals surface area contributed by atoms with Crippen LogP contribution in [0.3, 0.4) is 0 Å². The Morgan fingerprint density at radius 2 is 2.10 bits per heavy atom. The molecule has 1 heterocycles. The zero-order chi connectivity index (χ0) is 15.4. The van der Waals surface area contributed by atoms with Gasteiger partial charge in [0.1, 0.15) is 0 Å². The molecule has 0 saturated heterocycles. The van der Waals surface area contributed by atoms with Crippen LogP contribution < -0.4 is 5.73 Å². The fourth-order valence-electron chi connectivity index (χ4n) is 2.26. The molecule has 2 N–H and O–H groups in total. The van der Waals surface area contributed by atoms with Gasteiger partial charge in [-0.1, -0.05) is 25.1 Å². The minimum absolute atomic E-state index is 0.117. The van der Waals surface area contributed by atoms with Crippen molar-refractivity contribution in [1.29, 1.82) is 0 Å². The molecule has 1 aromatic heterocycles. The highest BCUT2D eigenvalue weighted by atomic mass is 79.9. The van der Waals surface area contributed by atoms with Crippen molar-refractivity contribution in [2.24, 2.45) is 12.8 Å². The predicted molar refractivity (Wildman–Crippen MR) is 93.9 cm³/mol. The Hall–Kier alpha value is -0.780. The number of nitrogens with two attached hydrogens (primary N) is 1. The Morgan fingerprint density at radius 3 is 2.71 bits per heavy atom. The van der Waals surface area contributed by atoms with E-state index in [1.54, 1.807) is 0 Å². The van der Waals surface area contributed by atoms with Crippen molar-refractivity contribution in [2.45, 2.75) is 37.6 Å². The van der Waals surface area contributed by atoms with E-state index in [2.05, 4.69) is 59.1 Å². The Bertz CT molecular complexity index is 610. The summed E-state index contributed by atoms with van der Waals surface area (Å²) in [5.41, 5.74) is 9.91. The van der Waals surface area contributed by atoms with Crippen LogP contribution in [0.5, 0.6) is 0 Å². The summed E-state index contributed by atoms with van der Waals surface area (Å²) >= 11 is 5.48. The maximum atomic E-state index is 6.31. The average molecular weight is 368 g/mol. The summed E-state index contributed by atoms with van der Waals surface area (Å²) in [7, 11) is 1.99. The molecular formula is C16H22BrN3S. The third-order valence-electron chi connectivity index (χ3n) is 3.50. The number of hydrogen-bond acceptors (Lipinski definition) is 3. The minimum atomic E-state index is 0.117. The van der Waals surface area contributed by atoms with Gasteiger partial charge in [-0.2, -0.15) is 5.10 Å². The van der Waals surface area contributed by atoms with E-state index >= 15 is 0 Å². The van der Waals surface area contributed by atoms with Gasteiger partial charge in [-0.3, -0.25) is 4.68 Å². The second-order valence-electron chi connectivity index (χ2n) is 5.23. The molecule has 0 bridgehead atoms. The second kappa shape index (κ2) is 7.47. The van der Waals surface area contributed by atoms with E-state index in [0.29, 0.717) is 0 Å². The van der Waals surface area contributed by atoms with E-state index in [1.165, 1.54) is 16.2 Å². The fraction of sp³-hybridized carbons (Fsp3) is 0.438. The highest BCUT2D eigenvalue weighted by molar-refractivity contribution is 9.10. The Morgan fingerprint density at radius 1 is 1.38 bits per heavy atom. The first-order valence-electron chi connectivity index (χ1n) is 7.17. The SMILES string of the molecule is CCc1nn(C)c(CC(N)CSc2ccccc2C)c1Br. The third kappa shape index (κ3) is 4.11. The van der Waals surface area contributed by atoms with E-state index in [4.69, 9.17) is 5.73 Å². The third-order valence-corrected chi connectivity index (χ3v) is 5.78. The molecule has 0 saturated carbocycles. The van der Waals surface area contributed by atoms with Crippen LogP contribution in [-0.2, 0) is 19.9 Å². The Balaban J connectivity index is 1.98. The number of nitrogens with zero attached hydrogens (tertiary/aromatic N) is 2. The summed E-state index contributed by atoms with van der Waals surface area (Å²) in [6.07, 6.45) is 1.77. The minimum Gasteiger partial charge on any atom is -0.327 e. The lowest BCUT2D eigenvalue weighted by Crippen LogP contribution is -2.26. The van der Waals surface area contributed by atoms with Gasteiger partial charge in [0.15, 0.2) is 0 Å². The van der Waals surface area contributed by atoms with E-state index in [0.717, 1.165) is 28.8 Å². The average Bonchev–Trinajstić information content (AvgIpc) is 2.74. The number of hydrogen-bond donors (Lipinski definition) is 1. The molecule has 1 aromatic carbocycles. The summed E-state index contributed by atoms with van der Waals surface area (Å²) in [5.74, 6) is 0.907. The maximum absolute atomic E-state index is 6.31. The summed E-state index contributed by atoms with van der Waals surface area (Å²) in [6.45, 7) is 4.25. The predicted octanol–water partition coefficient (Wildman–Crippen LogP) is 3.72. The molecule has 2 rings (SSSR count). The summed E-state index contributed by atoms with van der Waals surface area (Å²) in [6, 6.07) is 8.55. The zero-order valence-electron chi connectivity index (χ0n) is 12.8. The topological polar surface area (TPSA) is 43.8 Å². The first kappa shape index (κ1) is 16.6. The lowest BCUT2D eigenvalue weighted by atomic mass is 10.2. The van der Waals surface area contributed by atoms with Crippen LogP contribution in [0.25, 0.3) is 0 Å². The fourth-order valence-corrected chi connectivity index (χ4v) is 4.02. The van der Waals surface area contributed by atoms with Crippen molar-refractivity contribution in [2.75, 3.05) is 5.75 Å². The number of thioether (sulfide) groups is 1. The van der Waals surface area contributed by atoms with Crippen LogP contribution in [0.4, 0.5) is 0 Å². The van der Waals surface area contributed by atoms with Gasteiger partial charge >= 0.3 is 0 Å². The van der Waals surface area contributed by atoms with Gasteiger partial charge in [0.2, 0.25) is 0 Å². The highest BCUT2D eigenvalue weighted by Gasteiger charge is 2.15. The lowest BCUT2D eigenvalue weighted by Gasteiger charge is -2.13. The van der Waals surface area contributed by atoms with Crippen molar-refractivity contribution < 1.29 is 0 Å². The van der Waals surface area contributed by atoms with Crippen LogP contribution >= 0.6 is 27.7 Å². The van der Waals surface area contributed by atoms with Crippen LogP contribution in [0.2, 0.25) is 0 Å². The second-order valence-corrected chi connectivity index (χ2v) is 7.08. The molecule has 1 unspecified atom stereocenters. The summed E-state index contributed by atoms with van der Waals surface area (Å²) in [5, 5.41) is 4.52. The van der Waals surface area contributed by atoms with Crippen molar-refractivity contribution in [1.82, 2.24) is 9.78 Å². The monoisotopic (exact) mass is 367 g/mol. The number of aromatic nitrogens is 2. The zero-order valence-corrected chi connectivity index (χ0v) is 15.2. The number of aryl methyl sites for hydroxylation is 3. The molecule has 0 amide bonds. The van der Waals surface area contributed by atoms with Crippen molar-refractivity contribution in [3.8, 4) is 0 Å². The smallest absolute Gasteiger partial charge is 0.0766 e. The van der Waals surface area contributed by atoms with Gasteiger partial charge in [0.25, 0.3) is 0 Å². The molecule has 2 aromatic rings. The number of halogens is 1. The molecule has 114 valence electrons. The van der Waals surface area contributed by atoms with Gasteiger partial charge in [-0.05, 0) is 40.9 Å². The molecule has 0 radical (unpaired) electrons. The molecule has 0 fully saturated rings. The van der Waals surface area contributed by atoms with E-state index in [-0.39, 0.29) is 6.04 Å². The molecule has 0 aliphatic rings. The molecule has 0 spiro atoms. The van der Waals surface area contributed by atoms with Gasteiger partial charge in [-0.25, -0.2) is 0 Å². The molecule has 21 heavy (non-hydrogen) atoms. The van der Waals surface area contributed by atoms with Gasteiger partial charge < -0.3 is 5.73 Å². The van der Waals surface area contributed by atoms with E-state index in [9.17, 15) is 0 Å². The molecule has 1 atom stereocenters. The van der Waals surface area contributed by atoms with Gasteiger partial charge in [0, 0.05) is 30.2 Å². The van der Waals surface area contributed by atoms with Crippen LogP contribution in [0, 0.1) is 6.92 Å². The van der Waals surface area contributed by atoms with Crippen molar-refractivity contribution >= 4 is 27.7 Å². The van der Waals surface area contributed by atoms with Crippen molar-refractivity contribution in [3.63, 3.8) is 0 Å². The molecule has 0 aliphatic carbocycles. The van der Waals surface area contributed by atoms with Crippen molar-refractivity contribution in [3.05, 3.63) is 45.7 Å². The standard InChI is InChI=1S/C16H22BrN3S/c1-4-13-16(17)14(20(3)19-13)9-12(18)10-21-15-8-6-5-7-11(15)2/h5-8,12H,4,9-10,18H2,1-3H3. The first-order valence-corrected chi connectivity index (χ1v) is 8.95. The largest absolute Gasteiger partial charge is 0.327 e. The summed E-state index contributed by atoms with van der Waals surface area (Å²) < 4.78 is 3.06. The summed E-state index contributed by atoms with van der Waals surface area (Å²) in [4.78, 5) is 1.31. The van der Waals surface area contributed by atoms with Gasteiger partial charge in [0.05, 0.1) is 15.9 Å². The molecule has 0 aliphatic heterocycles. The Kier molecular flexibility index (Phi) is 5.90. The van der Waals surface area contributed by atoms with Crippen LogP contribution in [0.15, 0.2) is 33.6 Å². The van der Waals surface area contributed by atoms with Crippen LogP contribution in [-0.4, -0.2) is 21.6 Å². The van der Waals surface area contributed by atoms with E-state index < -0.39 is 0 Å². The molecule has 5 heteroatoms. The Labute approximate surface area is 139 Å². The normalized spacial score (nSPS) is 12.6. The molecular weight excluding hydrogens is 346 g/mol. The quantitative estimate of drug-likeness (QED) is 0.791. The number of benzene rings is 1. The maximum Gasteiger partial charge on any atom is 0.0766 e. The highest BCUT2D eigenvalue weighted by Crippen LogP contribution is 2.25. The van der Waals surface area contributed by atoms with Crippen LogP contribution in [0.1, 0.15) is 23.9 Å². The van der Waals surface area contributed by atoms with E-state index in [1.807, 2.05) is 23.5 Å². The lowest BCUT2D eigenvalue weighted by molar-refractivity contribution is 0.649. The number of rotatable bonds is 6. The van der Waals surface area contributed by atoms with Gasteiger partial charge in [-0.15, -0.1) is 11.8 Å². The first-order chi connectivity index (χ1) is 10.0. The molecule has 3 nitrogen and oxygen atoms in total.